The summed E-state index contributed by atoms with van der Waals surface area (Å²) in [6.45, 7) is 4.79. The van der Waals surface area contributed by atoms with Gasteiger partial charge in [-0.3, -0.25) is 4.79 Å². The first-order chi connectivity index (χ1) is 8.17. The molecule has 0 unspecified atom stereocenters. The quantitative estimate of drug-likeness (QED) is 0.756. The third-order valence-electron chi connectivity index (χ3n) is 2.23. The van der Waals surface area contributed by atoms with Crippen LogP contribution >= 0.6 is 15.9 Å². The molecule has 94 valence electrons. The zero-order valence-corrected chi connectivity index (χ0v) is 11.7. The minimum absolute atomic E-state index is 0.169. The molecule has 1 aromatic rings. The first-order valence-electron chi connectivity index (χ1n) is 5.74. The largest absolute Gasteiger partial charge is 0.494 e. The zero-order valence-electron chi connectivity index (χ0n) is 10.2. The van der Waals surface area contributed by atoms with Crippen molar-refractivity contribution in [2.45, 2.75) is 26.7 Å². The van der Waals surface area contributed by atoms with E-state index < -0.39 is 0 Å². The lowest BCUT2D eigenvalue weighted by Gasteiger charge is -2.10. The molecule has 17 heavy (non-hydrogen) atoms. The van der Waals surface area contributed by atoms with Crippen molar-refractivity contribution in [3.63, 3.8) is 0 Å². The lowest BCUT2D eigenvalue weighted by atomic mass is 10.1. The second kappa shape index (κ2) is 7.33. The lowest BCUT2D eigenvalue weighted by molar-refractivity contribution is -0.143. The minimum atomic E-state index is -0.169. The standard InChI is InChI=1S/C13H17BrO3/c1-3-16-12-9-11(14)7-5-10(12)6-8-13(15)17-4-2/h5,7,9H,3-4,6,8H2,1-2H3. The van der Waals surface area contributed by atoms with E-state index in [2.05, 4.69) is 15.9 Å². The highest BCUT2D eigenvalue weighted by Gasteiger charge is 2.08. The van der Waals surface area contributed by atoms with E-state index in [1.165, 1.54) is 0 Å². The number of halogens is 1. The monoisotopic (exact) mass is 300 g/mol. The molecule has 0 aliphatic rings. The molecular weight excluding hydrogens is 284 g/mol. The minimum Gasteiger partial charge on any atom is -0.494 e. The highest BCUT2D eigenvalue weighted by atomic mass is 79.9. The number of esters is 1. The Kier molecular flexibility index (Phi) is 6.05. The maximum atomic E-state index is 11.3. The Bertz CT molecular complexity index is 377. The van der Waals surface area contributed by atoms with Crippen molar-refractivity contribution in [2.24, 2.45) is 0 Å². The maximum Gasteiger partial charge on any atom is 0.306 e. The molecule has 0 fully saturated rings. The van der Waals surface area contributed by atoms with E-state index in [9.17, 15) is 4.79 Å². The van der Waals surface area contributed by atoms with Crippen molar-refractivity contribution < 1.29 is 14.3 Å². The average molecular weight is 301 g/mol. The Labute approximate surface area is 110 Å². The van der Waals surface area contributed by atoms with Gasteiger partial charge in [0.25, 0.3) is 0 Å². The summed E-state index contributed by atoms with van der Waals surface area (Å²) in [5.41, 5.74) is 1.03. The van der Waals surface area contributed by atoms with Gasteiger partial charge in [0.05, 0.1) is 13.2 Å². The molecular formula is C13H17BrO3. The number of rotatable bonds is 6. The maximum absolute atomic E-state index is 11.3. The highest BCUT2D eigenvalue weighted by molar-refractivity contribution is 9.10. The van der Waals surface area contributed by atoms with Gasteiger partial charge in [-0.25, -0.2) is 0 Å². The predicted molar refractivity (Wildman–Crippen MR) is 70.3 cm³/mol. The van der Waals surface area contributed by atoms with Gasteiger partial charge in [-0.2, -0.15) is 0 Å². The number of ether oxygens (including phenoxy) is 2. The topological polar surface area (TPSA) is 35.5 Å². The van der Waals surface area contributed by atoms with Crippen molar-refractivity contribution in [1.82, 2.24) is 0 Å². The second-order valence-corrected chi connectivity index (χ2v) is 4.41. The fraction of sp³-hybridized carbons (Fsp3) is 0.462. The van der Waals surface area contributed by atoms with Gasteiger partial charge in [0.2, 0.25) is 0 Å². The van der Waals surface area contributed by atoms with Crippen LogP contribution in [0, 0.1) is 0 Å². The third kappa shape index (κ3) is 4.77. The SMILES string of the molecule is CCOC(=O)CCc1ccc(Br)cc1OCC. The van der Waals surface area contributed by atoms with E-state index in [1.54, 1.807) is 0 Å². The molecule has 0 saturated heterocycles. The van der Waals surface area contributed by atoms with Gasteiger partial charge < -0.3 is 9.47 Å². The fourth-order valence-electron chi connectivity index (χ4n) is 1.49. The van der Waals surface area contributed by atoms with Crippen LogP contribution in [0.2, 0.25) is 0 Å². The molecule has 0 atom stereocenters. The number of carbonyl (C=O) groups excluding carboxylic acids is 1. The highest BCUT2D eigenvalue weighted by Crippen LogP contribution is 2.25. The van der Waals surface area contributed by atoms with Crippen LogP contribution in [0.15, 0.2) is 22.7 Å². The van der Waals surface area contributed by atoms with Crippen molar-refractivity contribution in [3.05, 3.63) is 28.2 Å². The fourth-order valence-corrected chi connectivity index (χ4v) is 1.83. The molecule has 0 amide bonds. The first-order valence-corrected chi connectivity index (χ1v) is 6.53. The molecule has 0 saturated carbocycles. The van der Waals surface area contributed by atoms with Gasteiger partial charge >= 0.3 is 5.97 Å². The van der Waals surface area contributed by atoms with Crippen LogP contribution in [0.1, 0.15) is 25.8 Å². The van der Waals surface area contributed by atoms with Crippen molar-refractivity contribution in [2.75, 3.05) is 13.2 Å². The van der Waals surface area contributed by atoms with E-state index in [4.69, 9.17) is 9.47 Å². The van der Waals surface area contributed by atoms with Crippen molar-refractivity contribution in [1.29, 1.82) is 0 Å². The molecule has 0 bridgehead atoms. The van der Waals surface area contributed by atoms with E-state index >= 15 is 0 Å². The molecule has 1 aromatic carbocycles. The second-order valence-electron chi connectivity index (χ2n) is 3.49. The Hall–Kier alpha value is -1.03. The van der Waals surface area contributed by atoms with Crippen LogP contribution in [0.3, 0.4) is 0 Å². The zero-order chi connectivity index (χ0) is 12.7. The molecule has 0 radical (unpaired) electrons. The molecule has 0 heterocycles. The molecule has 0 aliphatic heterocycles. The number of hydrogen-bond donors (Lipinski definition) is 0. The van der Waals surface area contributed by atoms with Gasteiger partial charge in [-0.05, 0) is 38.0 Å². The Morgan fingerprint density at radius 3 is 2.71 bits per heavy atom. The molecule has 0 aromatic heterocycles. The summed E-state index contributed by atoms with van der Waals surface area (Å²) in [5, 5.41) is 0. The van der Waals surface area contributed by atoms with Crippen LogP contribution in [0.5, 0.6) is 5.75 Å². The Balaban J connectivity index is 2.66. The molecule has 1 rings (SSSR count). The van der Waals surface area contributed by atoms with Crippen molar-refractivity contribution >= 4 is 21.9 Å². The summed E-state index contributed by atoms with van der Waals surface area (Å²) in [7, 11) is 0. The first kappa shape index (κ1) is 14.0. The van der Waals surface area contributed by atoms with Crippen molar-refractivity contribution in [3.8, 4) is 5.75 Å². The van der Waals surface area contributed by atoms with Gasteiger partial charge in [0, 0.05) is 10.9 Å². The summed E-state index contributed by atoms with van der Waals surface area (Å²) in [4.78, 5) is 11.3. The number of carbonyl (C=O) groups is 1. The number of aryl methyl sites for hydroxylation is 1. The van der Waals surface area contributed by atoms with Crippen LogP contribution in [0.4, 0.5) is 0 Å². The predicted octanol–water partition coefficient (Wildman–Crippen LogP) is 3.34. The summed E-state index contributed by atoms with van der Waals surface area (Å²) in [6.07, 6.45) is 1.02. The average Bonchev–Trinajstić information content (AvgIpc) is 2.29. The van der Waals surface area contributed by atoms with E-state index in [0.29, 0.717) is 26.1 Å². The van der Waals surface area contributed by atoms with Crippen LogP contribution in [-0.2, 0) is 16.0 Å². The Morgan fingerprint density at radius 2 is 2.06 bits per heavy atom. The molecule has 0 aliphatic carbocycles. The summed E-state index contributed by atoms with van der Waals surface area (Å²) >= 11 is 3.40. The summed E-state index contributed by atoms with van der Waals surface area (Å²) in [6, 6.07) is 5.83. The Morgan fingerprint density at radius 1 is 1.29 bits per heavy atom. The van der Waals surface area contributed by atoms with E-state index in [1.807, 2.05) is 32.0 Å². The van der Waals surface area contributed by atoms with Crippen LogP contribution < -0.4 is 4.74 Å². The smallest absolute Gasteiger partial charge is 0.306 e. The van der Waals surface area contributed by atoms with E-state index in [0.717, 1.165) is 15.8 Å². The van der Waals surface area contributed by atoms with Gasteiger partial charge in [0.1, 0.15) is 5.75 Å². The van der Waals surface area contributed by atoms with Gasteiger partial charge in [0.15, 0.2) is 0 Å². The summed E-state index contributed by atoms with van der Waals surface area (Å²) < 4.78 is 11.4. The normalized spacial score (nSPS) is 10.1. The molecule has 0 N–H and O–H groups in total. The van der Waals surface area contributed by atoms with Crippen LogP contribution in [-0.4, -0.2) is 19.2 Å². The number of hydrogen-bond acceptors (Lipinski definition) is 3. The van der Waals surface area contributed by atoms with Crippen LogP contribution in [0.25, 0.3) is 0 Å². The number of benzene rings is 1. The molecule has 3 nitrogen and oxygen atoms in total. The molecule has 4 heteroatoms. The van der Waals surface area contributed by atoms with E-state index in [-0.39, 0.29) is 5.97 Å². The molecule has 0 spiro atoms. The van der Waals surface area contributed by atoms with Gasteiger partial charge in [-0.1, -0.05) is 22.0 Å². The van der Waals surface area contributed by atoms with Gasteiger partial charge in [-0.15, -0.1) is 0 Å². The summed E-state index contributed by atoms with van der Waals surface area (Å²) in [5.74, 6) is 0.657. The lowest BCUT2D eigenvalue weighted by Crippen LogP contribution is -2.06. The third-order valence-corrected chi connectivity index (χ3v) is 2.73.